The molecule has 0 saturated heterocycles. The maximum Gasteiger partial charge on any atom is 0.260 e. The van der Waals surface area contributed by atoms with Crippen molar-refractivity contribution in [2.24, 2.45) is 0 Å². The zero-order valence-corrected chi connectivity index (χ0v) is 11.0. The zero-order valence-electron chi connectivity index (χ0n) is 11.0. The summed E-state index contributed by atoms with van der Waals surface area (Å²) in [5, 5.41) is 0. The first-order chi connectivity index (χ1) is 10.3. The number of aromatic nitrogens is 3. The maximum atomic E-state index is 5.75. The van der Waals surface area contributed by atoms with Gasteiger partial charge >= 0.3 is 0 Å². The molecule has 1 aliphatic rings. The van der Waals surface area contributed by atoms with E-state index in [0.717, 1.165) is 17.1 Å². The van der Waals surface area contributed by atoms with Crippen LogP contribution >= 0.6 is 0 Å². The van der Waals surface area contributed by atoms with Crippen LogP contribution in [0.2, 0.25) is 0 Å². The van der Waals surface area contributed by atoms with E-state index < -0.39 is 0 Å². The lowest BCUT2D eigenvalue weighted by Gasteiger charge is -2.08. The third-order valence-electron chi connectivity index (χ3n) is 3.17. The molecule has 0 spiro atoms. The standard InChI is InChI=1S/C14H12N4O3/c15-12-6-18-4-3-16-13(18)14(17-12)19-7-9-1-2-10-11(5-9)21-8-20-10/h1-6H,7-8,15H2. The molecule has 3 aromatic rings. The van der Waals surface area contributed by atoms with Gasteiger partial charge in [-0.2, -0.15) is 4.98 Å². The van der Waals surface area contributed by atoms with Crippen LogP contribution in [0.3, 0.4) is 0 Å². The Balaban J connectivity index is 1.59. The van der Waals surface area contributed by atoms with Crippen LogP contribution in [0.4, 0.5) is 5.82 Å². The number of imidazole rings is 1. The Labute approximate surface area is 119 Å². The molecule has 1 aliphatic heterocycles. The van der Waals surface area contributed by atoms with E-state index in [-0.39, 0.29) is 6.79 Å². The lowest BCUT2D eigenvalue weighted by Crippen LogP contribution is -2.02. The first-order valence-electron chi connectivity index (χ1n) is 6.40. The Hall–Kier alpha value is -2.96. The molecule has 0 atom stereocenters. The van der Waals surface area contributed by atoms with Crippen molar-refractivity contribution in [1.29, 1.82) is 0 Å². The second-order valence-electron chi connectivity index (χ2n) is 4.61. The van der Waals surface area contributed by atoms with Gasteiger partial charge in [0.1, 0.15) is 12.4 Å². The summed E-state index contributed by atoms with van der Waals surface area (Å²) in [5.74, 6) is 2.25. The quantitative estimate of drug-likeness (QED) is 0.786. The van der Waals surface area contributed by atoms with Crippen LogP contribution in [-0.4, -0.2) is 21.2 Å². The largest absolute Gasteiger partial charge is 0.470 e. The minimum Gasteiger partial charge on any atom is -0.470 e. The number of nitrogen functional groups attached to an aromatic ring is 1. The van der Waals surface area contributed by atoms with Crippen molar-refractivity contribution < 1.29 is 14.2 Å². The van der Waals surface area contributed by atoms with E-state index in [4.69, 9.17) is 19.9 Å². The molecule has 0 aliphatic carbocycles. The van der Waals surface area contributed by atoms with Crippen LogP contribution in [0.5, 0.6) is 17.4 Å². The van der Waals surface area contributed by atoms with Gasteiger partial charge in [-0.15, -0.1) is 0 Å². The summed E-state index contributed by atoms with van der Waals surface area (Å²) in [6, 6.07) is 5.67. The topological polar surface area (TPSA) is 83.9 Å². The summed E-state index contributed by atoms with van der Waals surface area (Å²) in [5.41, 5.74) is 7.33. The lowest BCUT2D eigenvalue weighted by atomic mass is 10.2. The first kappa shape index (κ1) is 11.8. The molecule has 1 aromatic carbocycles. The van der Waals surface area contributed by atoms with Crippen LogP contribution in [-0.2, 0) is 6.61 Å². The number of hydrogen-bond acceptors (Lipinski definition) is 6. The summed E-state index contributed by atoms with van der Waals surface area (Å²) in [6.07, 6.45) is 5.15. The van der Waals surface area contributed by atoms with E-state index in [2.05, 4.69) is 9.97 Å². The Bertz CT molecular complexity index is 815. The van der Waals surface area contributed by atoms with Gasteiger partial charge in [-0.1, -0.05) is 6.07 Å². The molecule has 21 heavy (non-hydrogen) atoms. The molecule has 7 nitrogen and oxygen atoms in total. The third kappa shape index (κ3) is 2.08. The number of benzene rings is 1. The van der Waals surface area contributed by atoms with E-state index >= 15 is 0 Å². The fraction of sp³-hybridized carbons (Fsp3) is 0.143. The SMILES string of the molecule is Nc1cn2ccnc2c(OCc2ccc3c(c2)OCO3)n1. The minimum atomic E-state index is 0.255. The van der Waals surface area contributed by atoms with Gasteiger partial charge in [0.15, 0.2) is 11.5 Å². The molecule has 0 bridgehead atoms. The predicted octanol–water partition coefficient (Wildman–Crippen LogP) is 1.62. The zero-order chi connectivity index (χ0) is 14.2. The second kappa shape index (κ2) is 4.55. The van der Waals surface area contributed by atoms with E-state index in [9.17, 15) is 0 Å². The molecular weight excluding hydrogens is 272 g/mol. The number of nitrogens with two attached hydrogens (primary N) is 1. The van der Waals surface area contributed by atoms with Crippen molar-refractivity contribution in [2.75, 3.05) is 12.5 Å². The minimum absolute atomic E-state index is 0.255. The normalized spacial score (nSPS) is 12.8. The fourth-order valence-electron chi connectivity index (χ4n) is 2.20. The van der Waals surface area contributed by atoms with Gasteiger partial charge in [0.05, 0.1) is 6.20 Å². The lowest BCUT2D eigenvalue weighted by molar-refractivity contribution is 0.174. The molecule has 0 saturated carbocycles. The van der Waals surface area contributed by atoms with E-state index in [1.54, 1.807) is 23.0 Å². The van der Waals surface area contributed by atoms with Gasteiger partial charge in [-0.05, 0) is 17.7 Å². The first-order valence-corrected chi connectivity index (χ1v) is 6.40. The Morgan fingerprint density at radius 1 is 1.29 bits per heavy atom. The average molecular weight is 284 g/mol. The van der Waals surface area contributed by atoms with Crippen LogP contribution in [0.15, 0.2) is 36.8 Å². The number of anilines is 1. The van der Waals surface area contributed by atoms with E-state index in [1.807, 2.05) is 18.2 Å². The molecule has 106 valence electrons. The smallest absolute Gasteiger partial charge is 0.260 e. The molecule has 7 heteroatoms. The predicted molar refractivity (Wildman–Crippen MR) is 74.3 cm³/mol. The van der Waals surface area contributed by atoms with Crippen molar-refractivity contribution in [2.45, 2.75) is 6.61 Å². The van der Waals surface area contributed by atoms with Gasteiger partial charge in [0, 0.05) is 12.4 Å². The Morgan fingerprint density at radius 3 is 3.14 bits per heavy atom. The Morgan fingerprint density at radius 2 is 2.19 bits per heavy atom. The highest BCUT2D eigenvalue weighted by Crippen LogP contribution is 2.32. The van der Waals surface area contributed by atoms with E-state index in [1.165, 1.54) is 0 Å². The molecule has 3 heterocycles. The number of nitrogens with zero attached hydrogens (tertiary/aromatic N) is 3. The molecule has 0 radical (unpaired) electrons. The van der Waals surface area contributed by atoms with Crippen LogP contribution in [0.1, 0.15) is 5.56 Å². The monoisotopic (exact) mass is 284 g/mol. The molecule has 0 fully saturated rings. The van der Waals surface area contributed by atoms with Crippen LogP contribution in [0, 0.1) is 0 Å². The summed E-state index contributed by atoms with van der Waals surface area (Å²) in [6.45, 7) is 0.598. The molecule has 0 unspecified atom stereocenters. The van der Waals surface area contributed by atoms with E-state index in [0.29, 0.717) is 24.0 Å². The van der Waals surface area contributed by atoms with Crippen molar-refractivity contribution in [3.8, 4) is 17.4 Å². The number of rotatable bonds is 3. The molecule has 2 N–H and O–H groups in total. The summed E-state index contributed by atoms with van der Waals surface area (Å²) in [7, 11) is 0. The Kier molecular flexibility index (Phi) is 2.56. The van der Waals surface area contributed by atoms with Crippen molar-refractivity contribution >= 4 is 11.5 Å². The number of fused-ring (bicyclic) bond motifs is 2. The molecule has 4 rings (SSSR count). The van der Waals surface area contributed by atoms with Crippen molar-refractivity contribution in [1.82, 2.24) is 14.4 Å². The highest BCUT2D eigenvalue weighted by atomic mass is 16.7. The van der Waals surface area contributed by atoms with Crippen LogP contribution in [0.25, 0.3) is 5.65 Å². The van der Waals surface area contributed by atoms with Gasteiger partial charge < -0.3 is 19.9 Å². The summed E-state index contributed by atoms with van der Waals surface area (Å²) in [4.78, 5) is 8.38. The van der Waals surface area contributed by atoms with Gasteiger partial charge in [-0.3, -0.25) is 4.40 Å². The van der Waals surface area contributed by atoms with Gasteiger partial charge in [0.25, 0.3) is 5.88 Å². The highest BCUT2D eigenvalue weighted by Gasteiger charge is 2.14. The number of ether oxygens (including phenoxy) is 3. The summed E-state index contributed by atoms with van der Waals surface area (Å²) >= 11 is 0. The summed E-state index contributed by atoms with van der Waals surface area (Å²) < 4.78 is 18.1. The number of hydrogen-bond donors (Lipinski definition) is 1. The molecular formula is C14H12N4O3. The highest BCUT2D eigenvalue weighted by molar-refractivity contribution is 5.52. The maximum absolute atomic E-state index is 5.75. The van der Waals surface area contributed by atoms with Crippen molar-refractivity contribution in [3.05, 3.63) is 42.4 Å². The van der Waals surface area contributed by atoms with Gasteiger partial charge in [-0.25, -0.2) is 4.98 Å². The molecule has 0 amide bonds. The molecule has 2 aromatic heterocycles. The average Bonchev–Trinajstić information content (AvgIpc) is 3.12. The van der Waals surface area contributed by atoms with Gasteiger partial charge in [0.2, 0.25) is 12.4 Å². The second-order valence-corrected chi connectivity index (χ2v) is 4.61. The third-order valence-corrected chi connectivity index (χ3v) is 3.17. The van der Waals surface area contributed by atoms with Crippen LogP contribution < -0.4 is 19.9 Å². The fourth-order valence-corrected chi connectivity index (χ4v) is 2.20. The van der Waals surface area contributed by atoms with Crippen molar-refractivity contribution in [3.63, 3.8) is 0 Å².